The topological polar surface area (TPSA) is 55.8 Å². The van der Waals surface area contributed by atoms with Crippen molar-refractivity contribution < 1.29 is 19.2 Å². The van der Waals surface area contributed by atoms with Gasteiger partial charge in [0.15, 0.2) is 0 Å². The van der Waals surface area contributed by atoms with Crippen LogP contribution in [0.1, 0.15) is 35.4 Å². The summed E-state index contributed by atoms with van der Waals surface area (Å²) in [6, 6.07) is 26.1. The Morgan fingerprint density at radius 3 is 2.19 bits per heavy atom. The van der Waals surface area contributed by atoms with Crippen LogP contribution in [0.3, 0.4) is 0 Å². The standard InChI is InChI=1S/C26H23NO4/c28-25-16-19(15-14-18-8-2-1-3-9-18)27(31-25)26(29)30-17-24-22-12-6-4-10-20(22)21-11-5-7-13-23(21)24/h1-13,19,24H,14-17H2/t19-/m0/s1. The number of ether oxygens (including phenoxy) is 1. The molecule has 1 aliphatic carbocycles. The van der Waals surface area contributed by atoms with E-state index in [1.165, 1.54) is 11.1 Å². The Morgan fingerprint density at radius 2 is 1.52 bits per heavy atom. The molecule has 1 aliphatic heterocycles. The number of carbonyl (C=O) groups excluding carboxylic acids is 2. The highest BCUT2D eigenvalue weighted by Crippen LogP contribution is 2.44. The quantitative estimate of drug-likeness (QED) is 0.584. The third-order valence-corrected chi connectivity index (χ3v) is 6.06. The van der Waals surface area contributed by atoms with Crippen LogP contribution in [-0.2, 0) is 20.8 Å². The van der Waals surface area contributed by atoms with Crippen LogP contribution in [0.15, 0.2) is 78.9 Å². The zero-order valence-electron chi connectivity index (χ0n) is 17.1. The van der Waals surface area contributed by atoms with Crippen LogP contribution in [-0.4, -0.2) is 29.8 Å². The van der Waals surface area contributed by atoms with E-state index in [1.54, 1.807) is 0 Å². The van der Waals surface area contributed by atoms with Gasteiger partial charge >= 0.3 is 12.1 Å². The van der Waals surface area contributed by atoms with E-state index in [4.69, 9.17) is 9.57 Å². The molecule has 0 saturated carbocycles. The van der Waals surface area contributed by atoms with Crippen molar-refractivity contribution in [1.29, 1.82) is 0 Å². The average Bonchev–Trinajstić information content (AvgIpc) is 3.34. The lowest BCUT2D eigenvalue weighted by atomic mass is 9.98. The molecule has 5 nitrogen and oxygen atoms in total. The Balaban J connectivity index is 1.27. The molecule has 1 heterocycles. The maximum absolute atomic E-state index is 12.8. The van der Waals surface area contributed by atoms with Gasteiger partial charge in [-0.25, -0.2) is 9.59 Å². The number of fused-ring (bicyclic) bond motifs is 3. The lowest BCUT2D eigenvalue weighted by Gasteiger charge is -2.22. The summed E-state index contributed by atoms with van der Waals surface area (Å²) in [4.78, 5) is 29.9. The van der Waals surface area contributed by atoms with Crippen LogP contribution in [0.2, 0.25) is 0 Å². The fraction of sp³-hybridized carbons (Fsp3) is 0.231. The Hall–Kier alpha value is -3.60. The maximum atomic E-state index is 12.8. The summed E-state index contributed by atoms with van der Waals surface area (Å²) in [7, 11) is 0. The van der Waals surface area contributed by atoms with Crippen molar-refractivity contribution in [2.75, 3.05) is 6.61 Å². The molecule has 1 saturated heterocycles. The molecule has 5 heteroatoms. The fourth-order valence-electron chi connectivity index (χ4n) is 4.54. The van der Waals surface area contributed by atoms with Crippen LogP contribution in [0.5, 0.6) is 0 Å². The second-order valence-electron chi connectivity index (χ2n) is 7.98. The minimum atomic E-state index is -0.606. The van der Waals surface area contributed by atoms with Gasteiger partial charge in [0.05, 0.1) is 12.5 Å². The summed E-state index contributed by atoms with van der Waals surface area (Å²) < 4.78 is 5.66. The number of rotatable bonds is 5. The van der Waals surface area contributed by atoms with Crippen molar-refractivity contribution in [3.8, 4) is 11.1 Å². The minimum Gasteiger partial charge on any atom is -0.446 e. The van der Waals surface area contributed by atoms with Crippen LogP contribution in [0.4, 0.5) is 4.79 Å². The Kier molecular flexibility index (Phi) is 5.16. The van der Waals surface area contributed by atoms with Gasteiger partial charge in [0, 0.05) is 5.92 Å². The number of benzene rings is 3. The molecular formula is C26H23NO4. The molecule has 2 aliphatic rings. The number of nitrogens with zero attached hydrogens (tertiary/aromatic N) is 1. The highest BCUT2D eigenvalue weighted by Gasteiger charge is 2.38. The number of hydrogen-bond acceptors (Lipinski definition) is 4. The van der Waals surface area contributed by atoms with Gasteiger partial charge in [0.1, 0.15) is 6.61 Å². The van der Waals surface area contributed by atoms with Crippen molar-refractivity contribution in [2.45, 2.75) is 31.2 Å². The number of carbonyl (C=O) groups is 2. The fourth-order valence-corrected chi connectivity index (χ4v) is 4.54. The largest absolute Gasteiger partial charge is 0.446 e. The number of hydroxylamine groups is 2. The highest BCUT2D eigenvalue weighted by molar-refractivity contribution is 5.80. The van der Waals surface area contributed by atoms with E-state index in [2.05, 4.69) is 24.3 Å². The zero-order chi connectivity index (χ0) is 21.2. The maximum Gasteiger partial charge on any atom is 0.443 e. The summed E-state index contributed by atoms with van der Waals surface area (Å²) in [6.07, 6.45) is 0.984. The SMILES string of the molecule is O=C1C[C@H](CCc2ccccc2)N(C(=O)OCC2c3ccccc3-c3ccccc32)O1. The first-order valence-electron chi connectivity index (χ1n) is 10.6. The van der Waals surface area contributed by atoms with Gasteiger partial charge in [-0.2, -0.15) is 0 Å². The molecule has 31 heavy (non-hydrogen) atoms. The first-order chi connectivity index (χ1) is 15.2. The second kappa shape index (κ2) is 8.26. The molecule has 3 aromatic carbocycles. The third-order valence-electron chi connectivity index (χ3n) is 6.06. The van der Waals surface area contributed by atoms with Gasteiger partial charge in [-0.05, 0) is 40.7 Å². The van der Waals surface area contributed by atoms with Crippen molar-refractivity contribution in [2.24, 2.45) is 0 Å². The first kappa shape index (κ1) is 19.4. The summed E-state index contributed by atoms with van der Waals surface area (Å²) in [5.41, 5.74) is 5.81. The molecule has 0 unspecified atom stereocenters. The minimum absolute atomic E-state index is 0.0302. The van der Waals surface area contributed by atoms with Crippen LogP contribution in [0.25, 0.3) is 11.1 Å². The molecule has 0 aromatic heterocycles. The molecule has 156 valence electrons. The number of hydrogen-bond donors (Lipinski definition) is 0. The van der Waals surface area contributed by atoms with E-state index in [0.717, 1.165) is 28.2 Å². The third kappa shape index (κ3) is 3.79. The van der Waals surface area contributed by atoms with Gasteiger partial charge in [0.25, 0.3) is 0 Å². The number of aryl methyl sites for hydroxylation is 1. The van der Waals surface area contributed by atoms with Crippen molar-refractivity contribution in [1.82, 2.24) is 5.06 Å². The Labute approximate surface area is 181 Å². The van der Waals surface area contributed by atoms with Gasteiger partial charge in [-0.1, -0.05) is 78.9 Å². The van der Waals surface area contributed by atoms with Crippen LogP contribution < -0.4 is 0 Å². The molecule has 0 radical (unpaired) electrons. The first-order valence-corrected chi connectivity index (χ1v) is 10.6. The molecule has 0 bridgehead atoms. The molecule has 3 aromatic rings. The highest BCUT2D eigenvalue weighted by atomic mass is 16.8. The lowest BCUT2D eigenvalue weighted by Crippen LogP contribution is -2.36. The normalized spacial score (nSPS) is 17.2. The zero-order valence-corrected chi connectivity index (χ0v) is 17.1. The van der Waals surface area contributed by atoms with Gasteiger partial charge in [-0.3, -0.25) is 0 Å². The molecule has 0 spiro atoms. The molecular weight excluding hydrogens is 390 g/mol. The van der Waals surface area contributed by atoms with E-state index in [0.29, 0.717) is 6.42 Å². The number of amides is 1. The molecule has 5 rings (SSSR count). The van der Waals surface area contributed by atoms with Gasteiger partial charge in [0.2, 0.25) is 0 Å². The summed E-state index contributed by atoms with van der Waals surface area (Å²) in [6.45, 7) is 0.201. The van der Waals surface area contributed by atoms with Crippen molar-refractivity contribution in [3.05, 3.63) is 95.6 Å². The van der Waals surface area contributed by atoms with E-state index >= 15 is 0 Å². The van der Waals surface area contributed by atoms with Crippen LogP contribution in [0, 0.1) is 0 Å². The Bertz CT molecular complexity index is 1070. The van der Waals surface area contributed by atoms with E-state index in [1.807, 2.05) is 54.6 Å². The second-order valence-corrected chi connectivity index (χ2v) is 7.98. The summed E-state index contributed by atoms with van der Waals surface area (Å²) in [5.74, 6) is -0.427. The van der Waals surface area contributed by atoms with Crippen molar-refractivity contribution >= 4 is 12.1 Å². The monoisotopic (exact) mass is 413 g/mol. The smallest absolute Gasteiger partial charge is 0.443 e. The van der Waals surface area contributed by atoms with Gasteiger partial charge < -0.3 is 9.57 Å². The predicted molar refractivity (Wildman–Crippen MR) is 116 cm³/mol. The summed E-state index contributed by atoms with van der Waals surface area (Å²) in [5, 5.41) is 1.12. The molecule has 1 fully saturated rings. The van der Waals surface area contributed by atoms with E-state index in [-0.39, 0.29) is 25.0 Å². The summed E-state index contributed by atoms with van der Waals surface area (Å²) >= 11 is 0. The van der Waals surface area contributed by atoms with E-state index in [9.17, 15) is 9.59 Å². The van der Waals surface area contributed by atoms with Gasteiger partial charge in [-0.15, -0.1) is 5.06 Å². The predicted octanol–water partition coefficient (Wildman–Crippen LogP) is 5.10. The molecule has 1 atom stereocenters. The Morgan fingerprint density at radius 1 is 0.903 bits per heavy atom. The molecule has 1 amide bonds. The molecule has 0 N–H and O–H groups in total. The van der Waals surface area contributed by atoms with E-state index < -0.39 is 12.1 Å². The van der Waals surface area contributed by atoms with Crippen molar-refractivity contribution in [3.63, 3.8) is 0 Å². The van der Waals surface area contributed by atoms with Crippen LogP contribution >= 0.6 is 0 Å². The average molecular weight is 413 g/mol. The lowest BCUT2D eigenvalue weighted by molar-refractivity contribution is -0.167.